The van der Waals surface area contributed by atoms with Crippen LogP contribution in [0.15, 0.2) is 28.7 Å². The van der Waals surface area contributed by atoms with E-state index in [0.717, 1.165) is 11.0 Å². The third-order valence-corrected chi connectivity index (χ3v) is 3.44. The molecule has 0 heterocycles. The number of nitrogens with zero attached hydrogens (tertiary/aromatic N) is 2. The van der Waals surface area contributed by atoms with Crippen LogP contribution in [0.3, 0.4) is 0 Å². The van der Waals surface area contributed by atoms with Gasteiger partial charge in [-0.2, -0.15) is 0 Å². The van der Waals surface area contributed by atoms with Gasteiger partial charge in [-0.05, 0) is 42.2 Å². The summed E-state index contributed by atoms with van der Waals surface area (Å²) in [5.41, 5.74) is 0.702. The van der Waals surface area contributed by atoms with Gasteiger partial charge in [-0.25, -0.2) is 0 Å². The van der Waals surface area contributed by atoms with E-state index in [-0.39, 0.29) is 18.4 Å². The van der Waals surface area contributed by atoms with Crippen LogP contribution in [-0.2, 0) is 9.59 Å². The Balaban J connectivity index is 2.58. The van der Waals surface area contributed by atoms with Crippen LogP contribution >= 0.6 is 15.9 Å². The van der Waals surface area contributed by atoms with Crippen molar-refractivity contribution in [2.24, 2.45) is 0 Å². The van der Waals surface area contributed by atoms with Crippen molar-refractivity contribution in [1.82, 2.24) is 9.80 Å². The van der Waals surface area contributed by atoms with Gasteiger partial charge in [0.2, 0.25) is 11.8 Å². The molecule has 5 nitrogen and oxygen atoms in total. The minimum absolute atomic E-state index is 0.0600. The van der Waals surface area contributed by atoms with Crippen LogP contribution < -0.4 is 5.32 Å². The zero-order valence-corrected chi connectivity index (χ0v) is 13.6. The largest absolute Gasteiger partial charge is 0.332 e. The fourth-order valence-corrected chi connectivity index (χ4v) is 1.98. The Morgan fingerprint density at radius 3 is 2.40 bits per heavy atom. The molecule has 0 spiro atoms. The van der Waals surface area contributed by atoms with Crippen LogP contribution in [-0.4, -0.2) is 55.3 Å². The molecule has 1 rings (SSSR count). The number of amides is 2. The number of para-hydroxylation sites is 1. The average molecular weight is 342 g/mol. The van der Waals surface area contributed by atoms with E-state index >= 15 is 0 Å². The van der Waals surface area contributed by atoms with Crippen molar-refractivity contribution in [2.75, 3.05) is 39.0 Å². The summed E-state index contributed by atoms with van der Waals surface area (Å²) < 4.78 is 0.816. The van der Waals surface area contributed by atoms with E-state index in [1.807, 2.05) is 37.2 Å². The summed E-state index contributed by atoms with van der Waals surface area (Å²) >= 11 is 3.37. The van der Waals surface area contributed by atoms with Crippen molar-refractivity contribution < 1.29 is 9.59 Å². The SMILES string of the molecule is CC(=O)N(CCN(C)C)CC(=O)Nc1ccccc1Br. The average Bonchev–Trinajstić information content (AvgIpc) is 2.36. The summed E-state index contributed by atoms with van der Waals surface area (Å²) in [6, 6.07) is 7.37. The molecule has 2 amide bonds. The van der Waals surface area contributed by atoms with Crippen molar-refractivity contribution in [3.8, 4) is 0 Å². The molecule has 0 aliphatic carbocycles. The van der Waals surface area contributed by atoms with Crippen LogP contribution in [0.1, 0.15) is 6.92 Å². The fraction of sp³-hybridized carbons (Fsp3) is 0.429. The summed E-state index contributed by atoms with van der Waals surface area (Å²) in [7, 11) is 3.86. The predicted molar refractivity (Wildman–Crippen MR) is 83.6 cm³/mol. The lowest BCUT2D eigenvalue weighted by Gasteiger charge is -2.22. The number of benzene rings is 1. The van der Waals surface area contributed by atoms with Gasteiger partial charge in [0.1, 0.15) is 0 Å². The normalized spacial score (nSPS) is 10.4. The maximum absolute atomic E-state index is 12.0. The Morgan fingerprint density at radius 1 is 1.20 bits per heavy atom. The highest BCUT2D eigenvalue weighted by atomic mass is 79.9. The Kier molecular flexibility index (Phi) is 6.67. The highest BCUT2D eigenvalue weighted by Crippen LogP contribution is 2.20. The summed E-state index contributed by atoms with van der Waals surface area (Å²) in [5.74, 6) is -0.306. The number of likely N-dealkylation sites (N-methyl/N-ethyl adjacent to an activating group) is 1. The molecule has 20 heavy (non-hydrogen) atoms. The van der Waals surface area contributed by atoms with Gasteiger partial charge in [0.05, 0.1) is 12.2 Å². The predicted octanol–water partition coefficient (Wildman–Crippen LogP) is 1.80. The van der Waals surface area contributed by atoms with E-state index in [4.69, 9.17) is 0 Å². The van der Waals surface area contributed by atoms with Crippen molar-refractivity contribution in [3.05, 3.63) is 28.7 Å². The molecule has 0 fully saturated rings. The van der Waals surface area contributed by atoms with E-state index < -0.39 is 0 Å². The molecule has 0 aromatic heterocycles. The first-order valence-corrected chi connectivity index (χ1v) is 7.14. The standard InChI is InChI=1S/C14H20BrN3O2/c1-11(19)18(9-8-17(2)3)10-14(20)16-13-7-5-4-6-12(13)15/h4-7H,8-10H2,1-3H3,(H,16,20). The topological polar surface area (TPSA) is 52.7 Å². The van der Waals surface area contributed by atoms with Gasteiger partial charge in [0.25, 0.3) is 0 Å². The maximum atomic E-state index is 12.0. The van der Waals surface area contributed by atoms with Crippen molar-refractivity contribution in [2.45, 2.75) is 6.92 Å². The fourth-order valence-electron chi connectivity index (χ4n) is 1.59. The van der Waals surface area contributed by atoms with Crippen LogP contribution in [0.4, 0.5) is 5.69 Å². The summed E-state index contributed by atoms with van der Waals surface area (Å²) in [6.45, 7) is 2.79. The smallest absolute Gasteiger partial charge is 0.244 e. The highest BCUT2D eigenvalue weighted by molar-refractivity contribution is 9.10. The van der Waals surface area contributed by atoms with Gasteiger partial charge >= 0.3 is 0 Å². The molecular weight excluding hydrogens is 322 g/mol. The van der Waals surface area contributed by atoms with E-state index in [1.54, 1.807) is 6.07 Å². The Hall–Kier alpha value is -1.40. The molecule has 0 aliphatic rings. The number of anilines is 1. The van der Waals surface area contributed by atoms with Crippen LogP contribution in [0.2, 0.25) is 0 Å². The quantitative estimate of drug-likeness (QED) is 0.858. The lowest BCUT2D eigenvalue weighted by molar-refractivity contribution is -0.132. The molecule has 110 valence electrons. The molecule has 1 aromatic rings. The van der Waals surface area contributed by atoms with Crippen LogP contribution in [0.25, 0.3) is 0 Å². The van der Waals surface area contributed by atoms with E-state index in [9.17, 15) is 9.59 Å². The summed E-state index contributed by atoms with van der Waals surface area (Å²) in [5, 5.41) is 2.79. The first-order chi connectivity index (χ1) is 9.40. The van der Waals surface area contributed by atoms with Crippen molar-refractivity contribution in [3.63, 3.8) is 0 Å². The monoisotopic (exact) mass is 341 g/mol. The molecule has 6 heteroatoms. The zero-order chi connectivity index (χ0) is 15.1. The molecule has 0 unspecified atom stereocenters. The number of hydrogen-bond acceptors (Lipinski definition) is 3. The van der Waals surface area contributed by atoms with Gasteiger partial charge in [-0.1, -0.05) is 12.1 Å². The van der Waals surface area contributed by atoms with Gasteiger partial charge in [-0.3, -0.25) is 9.59 Å². The molecule has 0 aliphatic heterocycles. The highest BCUT2D eigenvalue weighted by Gasteiger charge is 2.14. The molecule has 0 saturated heterocycles. The third-order valence-electron chi connectivity index (χ3n) is 2.74. The molecule has 0 bridgehead atoms. The van der Waals surface area contributed by atoms with E-state index in [0.29, 0.717) is 12.2 Å². The van der Waals surface area contributed by atoms with Crippen molar-refractivity contribution in [1.29, 1.82) is 0 Å². The molecular formula is C14H20BrN3O2. The second-order valence-corrected chi connectivity index (χ2v) is 5.63. The Labute approximate surface area is 128 Å². The molecule has 0 radical (unpaired) electrons. The first kappa shape index (κ1) is 16.7. The summed E-state index contributed by atoms with van der Waals surface area (Å²) in [4.78, 5) is 27.0. The molecule has 0 saturated carbocycles. The summed E-state index contributed by atoms with van der Waals surface area (Å²) in [6.07, 6.45) is 0. The second kappa shape index (κ2) is 8.01. The second-order valence-electron chi connectivity index (χ2n) is 4.77. The molecule has 0 atom stereocenters. The number of carbonyl (C=O) groups is 2. The zero-order valence-electron chi connectivity index (χ0n) is 12.0. The van der Waals surface area contributed by atoms with Gasteiger partial charge in [-0.15, -0.1) is 0 Å². The van der Waals surface area contributed by atoms with E-state index in [2.05, 4.69) is 21.2 Å². The third kappa shape index (κ3) is 5.71. The van der Waals surface area contributed by atoms with Gasteiger partial charge in [0.15, 0.2) is 0 Å². The minimum Gasteiger partial charge on any atom is -0.332 e. The van der Waals surface area contributed by atoms with Gasteiger partial charge in [0, 0.05) is 24.5 Å². The Morgan fingerprint density at radius 2 is 1.85 bits per heavy atom. The lowest BCUT2D eigenvalue weighted by atomic mass is 10.3. The van der Waals surface area contributed by atoms with Crippen LogP contribution in [0.5, 0.6) is 0 Å². The maximum Gasteiger partial charge on any atom is 0.244 e. The number of halogens is 1. The lowest BCUT2D eigenvalue weighted by Crippen LogP contribution is -2.40. The molecule has 1 N–H and O–H groups in total. The van der Waals surface area contributed by atoms with Crippen molar-refractivity contribution >= 4 is 33.4 Å². The number of nitrogens with one attached hydrogen (secondary N) is 1. The van der Waals surface area contributed by atoms with E-state index in [1.165, 1.54) is 11.8 Å². The number of rotatable bonds is 6. The van der Waals surface area contributed by atoms with Gasteiger partial charge < -0.3 is 15.1 Å². The first-order valence-electron chi connectivity index (χ1n) is 6.34. The Bertz CT molecular complexity index is 477. The van der Waals surface area contributed by atoms with Crippen LogP contribution in [0, 0.1) is 0 Å². The molecule has 1 aromatic carbocycles. The number of carbonyl (C=O) groups excluding carboxylic acids is 2. The minimum atomic E-state index is -0.203. The number of hydrogen-bond donors (Lipinski definition) is 1.